The third kappa shape index (κ3) is 2.72. The second-order valence-electron chi connectivity index (χ2n) is 4.96. The van der Waals surface area contributed by atoms with Gasteiger partial charge in [0.1, 0.15) is 11.4 Å². The monoisotopic (exact) mass is 326 g/mol. The molecule has 0 radical (unpaired) electrons. The Morgan fingerprint density at radius 3 is 2.46 bits per heavy atom. The number of carbonyl (C=O) groups excluding carboxylic acids is 1. The van der Waals surface area contributed by atoms with Gasteiger partial charge in [0.2, 0.25) is 5.88 Å². The zero-order chi connectivity index (χ0) is 17.3. The van der Waals surface area contributed by atoms with Crippen LogP contribution in [0, 0.1) is 0 Å². The van der Waals surface area contributed by atoms with E-state index in [1.165, 1.54) is 7.11 Å². The van der Waals surface area contributed by atoms with Crippen molar-refractivity contribution in [2.75, 3.05) is 18.2 Å². The van der Waals surface area contributed by atoms with Crippen LogP contribution in [0.15, 0.2) is 36.4 Å². The average Bonchev–Trinajstić information content (AvgIpc) is 2.56. The molecule has 0 saturated heterocycles. The molecule has 3 rings (SSSR count). The SMILES string of the molecule is COc1cc2ccccc2cc1C(=O)Nc1c(N)nc(O)nc1O. The van der Waals surface area contributed by atoms with E-state index in [9.17, 15) is 15.0 Å². The van der Waals surface area contributed by atoms with E-state index < -0.39 is 17.8 Å². The van der Waals surface area contributed by atoms with Crippen molar-refractivity contribution >= 4 is 28.2 Å². The van der Waals surface area contributed by atoms with Gasteiger partial charge in [-0.2, -0.15) is 9.97 Å². The van der Waals surface area contributed by atoms with E-state index in [0.717, 1.165) is 10.8 Å². The molecule has 0 atom stereocenters. The number of nitrogens with zero attached hydrogens (tertiary/aromatic N) is 2. The second-order valence-corrected chi connectivity index (χ2v) is 4.96. The number of fused-ring (bicyclic) bond motifs is 1. The molecule has 5 N–H and O–H groups in total. The maximum absolute atomic E-state index is 12.6. The van der Waals surface area contributed by atoms with Gasteiger partial charge in [-0.3, -0.25) is 4.79 Å². The molecule has 122 valence electrons. The lowest BCUT2D eigenvalue weighted by Crippen LogP contribution is -2.15. The zero-order valence-corrected chi connectivity index (χ0v) is 12.6. The molecule has 0 aliphatic rings. The highest BCUT2D eigenvalue weighted by Gasteiger charge is 2.19. The topological polar surface area (TPSA) is 131 Å². The summed E-state index contributed by atoms with van der Waals surface area (Å²) in [6.07, 6.45) is 0. The maximum Gasteiger partial charge on any atom is 0.319 e. The summed E-state index contributed by atoms with van der Waals surface area (Å²) in [5.74, 6) is -1.08. The van der Waals surface area contributed by atoms with Gasteiger partial charge >= 0.3 is 6.01 Å². The van der Waals surface area contributed by atoms with Crippen LogP contribution in [-0.4, -0.2) is 33.2 Å². The summed E-state index contributed by atoms with van der Waals surface area (Å²) in [5.41, 5.74) is 5.66. The Kier molecular flexibility index (Phi) is 3.78. The normalized spacial score (nSPS) is 10.5. The summed E-state index contributed by atoms with van der Waals surface area (Å²) >= 11 is 0. The average molecular weight is 326 g/mol. The summed E-state index contributed by atoms with van der Waals surface area (Å²) in [6.45, 7) is 0. The molecule has 8 heteroatoms. The van der Waals surface area contributed by atoms with Gasteiger partial charge in [0.05, 0.1) is 12.7 Å². The van der Waals surface area contributed by atoms with E-state index in [1.807, 2.05) is 24.3 Å². The van der Waals surface area contributed by atoms with Gasteiger partial charge in [0.25, 0.3) is 5.91 Å². The number of nitrogens with one attached hydrogen (secondary N) is 1. The van der Waals surface area contributed by atoms with Gasteiger partial charge in [0.15, 0.2) is 5.82 Å². The molecule has 2 aromatic carbocycles. The van der Waals surface area contributed by atoms with Crippen LogP contribution in [0.1, 0.15) is 10.4 Å². The number of nitrogens with two attached hydrogens (primary N) is 1. The van der Waals surface area contributed by atoms with Crippen molar-refractivity contribution in [2.45, 2.75) is 0 Å². The van der Waals surface area contributed by atoms with Crippen molar-refractivity contribution in [1.82, 2.24) is 9.97 Å². The Labute approximate surface area is 136 Å². The van der Waals surface area contributed by atoms with E-state index >= 15 is 0 Å². The molecule has 8 nitrogen and oxygen atoms in total. The highest BCUT2D eigenvalue weighted by atomic mass is 16.5. The number of methoxy groups -OCH3 is 1. The minimum atomic E-state index is -0.689. The Morgan fingerprint density at radius 2 is 1.83 bits per heavy atom. The molecule has 0 fully saturated rings. The van der Waals surface area contributed by atoms with E-state index in [0.29, 0.717) is 5.75 Å². The molecule has 0 aliphatic carbocycles. The number of amides is 1. The summed E-state index contributed by atoms with van der Waals surface area (Å²) in [5, 5.41) is 23.1. The number of rotatable bonds is 3. The molecule has 0 bridgehead atoms. The van der Waals surface area contributed by atoms with Crippen molar-refractivity contribution < 1.29 is 19.7 Å². The molecule has 3 aromatic rings. The number of hydrogen-bond acceptors (Lipinski definition) is 7. The first-order valence-corrected chi connectivity index (χ1v) is 6.93. The first-order valence-electron chi connectivity index (χ1n) is 6.93. The number of benzene rings is 2. The number of aromatic nitrogens is 2. The van der Waals surface area contributed by atoms with Crippen LogP contribution >= 0.6 is 0 Å². The highest BCUT2D eigenvalue weighted by molar-refractivity contribution is 6.10. The van der Waals surface area contributed by atoms with E-state index in [4.69, 9.17) is 10.5 Å². The molecule has 1 amide bonds. The van der Waals surface area contributed by atoms with Gasteiger partial charge in [-0.1, -0.05) is 24.3 Å². The molecule has 24 heavy (non-hydrogen) atoms. The molecular formula is C16H14N4O4. The Bertz CT molecular complexity index is 920. The number of anilines is 2. The minimum absolute atomic E-state index is 0.187. The molecule has 0 unspecified atom stereocenters. The Hall–Kier alpha value is -3.55. The summed E-state index contributed by atoms with van der Waals surface area (Å²) in [4.78, 5) is 19.4. The highest BCUT2D eigenvalue weighted by Crippen LogP contribution is 2.31. The van der Waals surface area contributed by atoms with Crippen LogP contribution in [-0.2, 0) is 0 Å². The Morgan fingerprint density at radius 1 is 1.17 bits per heavy atom. The van der Waals surface area contributed by atoms with E-state index in [-0.39, 0.29) is 17.1 Å². The third-order valence-corrected chi connectivity index (χ3v) is 3.46. The first kappa shape index (κ1) is 15.3. The van der Waals surface area contributed by atoms with Crippen LogP contribution in [0.3, 0.4) is 0 Å². The molecule has 1 aromatic heterocycles. The smallest absolute Gasteiger partial charge is 0.319 e. The number of carbonyl (C=O) groups is 1. The fourth-order valence-electron chi connectivity index (χ4n) is 2.32. The molecule has 0 aliphatic heterocycles. The second kappa shape index (κ2) is 5.92. The van der Waals surface area contributed by atoms with Gasteiger partial charge in [-0.15, -0.1) is 0 Å². The lowest BCUT2D eigenvalue weighted by atomic mass is 10.1. The van der Waals surface area contributed by atoms with Crippen molar-refractivity contribution in [3.8, 4) is 17.6 Å². The minimum Gasteiger partial charge on any atom is -0.496 e. The van der Waals surface area contributed by atoms with E-state index in [1.54, 1.807) is 12.1 Å². The van der Waals surface area contributed by atoms with Gasteiger partial charge < -0.3 is 26.0 Å². The quantitative estimate of drug-likeness (QED) is 0.578. The first-order chi connectivity index (χ1) is 11.5. The largest absolute Gasteiger partial charge is 0.496 e. The van der Waals surface area contributed by atoms with Crippen LogP contribution in [0.4, 0.5) is 11.5 Å². The predicted octanol–water partition coefficient (Wildman–Crippen LogP) is 1.88. The van der Waals surface area contributed by atoms with Crippen molar-refractivity contribution in [1.29, 1.82) is 0 Å². The summed E-state index contributed by atoms with van der Waals surface area (Å²) in [7, 11) is 1.45. The van der Waals surface area contributed by atoms with Crippen LogP contribution in [0.2, 0.25) is 0 Å². The van der Waals surface area contributed by atoms with Crippen molar-refractivity contribution in [3.63, 3.8) is 0 Å². The van der Waals surface area contributed by atoms with Crippen LogP contribution < -0.4 is 15.8 Å². The Balaban J connectivity index is 2.03. The van der Waals surface area contributed by atoms with Crippen molar-refractivity contribution in [3.05, 3.63) is 42.0 Å². The molecule has 0 spiro atoms. The van der Waals surface area contributed by atoms with Gasteiger partial charge in [-0.25, -0.2) is 0 Å². The molecular weight excluding hydrogens is 312 g/mol. The fourth-order valence-corrected chi connectivity index (χ4v) is 2.32. The number of hydrogen-bond donors (Lipinski definition) is 4. The predicted molar refractivity (Wildman–Crippen MR) is 88.2 cm³/mol. The summed E-state index contributed by atoms with van der Waals surface area (Å²) < 4.78 is 5.27. The maximum atomic E-state index is 12.6. The van der Waals surface area contributed by atoms with Gasteiger partial charge in [0, 0.05) is 0 Å². The third-order valence-electron chi connectivity index (χ3n) is 3.46. The molecule has 1 heterocycles. The number of nitrogen functional groups attached to an aromatic ring is 1. The lowest BCUT2D eigenvalue weighted by molar-refractivity contribution is 0.102. The molecule has 0 saturated carbocycles. The van der Waals surface area contributed by atoms with Crippen LogP contribution in [0.25, 0.3) is 10.8 Å². The fraction of sp³-hybridized carbons (Fsp3) is 0.0625. The number of aromatic hydroxyl groups is 2. The van der Waals surface area contributed by atoms with E-state index in [2.05, 4.69) is 15.3 Å². The zero-order valence-electron chi connectivity index (χ0n) is 12.6. The number of ether oxygens (including phenoxy) is 1. The van der Waals surface area contributed by atoms with Crippen LogP contribution in [0.5, 0.6) is 17.6 Å². The summed E-state index contributed by atoms with van der Waals surface area (Å²) in [6, 6.07) is 10.2. The van der Waals surface area contributed by atoms with Crippen molar-refractivity contribution in [2.24, 2.45) is 0 Å². The standard InChI is InChI=1S/C16H14N4O4/c1-24-11-7-9-5-3-2-4-8(9)6-10(11)14(21)18-12-13(17)19-16(23)20-15(12)22/h2-7H,1H3,(H,18,21)(H4,17,19,20,22,23). The lowest BCUT2D eigenvalue weighted by Gasteiger charge is -2.12. The van der Waals surface area contributed by atoms with Gasteiger partial charge in [-0.05, 0) is 22.9 Å².